The smallest absolute Gasteiger partial charge is 0.142 e. The van der Waals surface area contributed by atoms with Crippen LogP contribution < -0.4 is 10.1 Å². The van der Waals surface area contributed by atoms with Gasteiger partial charge in [0.25, 0.3) is 0 Å². The Hall–Kier alpha value is -0.750. The first-order chi connectivity index (χ1) is 9.92. The predicted molar refractivity (Wildman–Crippen MR) is 82.4 cm³/mol. The van der Waals surface area contributed by atoms with Gasteiger partial charge in [0.15, 0.2) is 0 Å². The van der Waals surface area contributed by atoms with Gasteiger partial charge in [0.05, 0.1) is 13.2 Å². The lowest BCUT2D eigenvalue weighted by Gasteiger charge is -2.27. The first-order valence-corrected chi connectivity index (χ1v) is 8.32. The third kappa shape index (κ3) is 3.88. The van der Waals surface area contributed by atoms with E-state index in [-0.39, 0.29) is 0 Å². The summed E-state index contributed by atoms with van der Waals surface area (Å²) in [5, 5.41) is 4.00. The van der Waals surface area contributed by atoms with E-state index in [1.165, 1.54) is 11.3 Å². The minimum absolute atomic E-state index is 0.552. The lowest BCUT2D eigenvalue weighted by atomic mass is 10.1. The number of nitrogens with zero attached hydrogens (tertiary/aromatic N) is 1. The van der Waals surface area contributed by atoms with Crippen LogP contribution in [0.1, 0.15) is 10.8 Å². The summed E-state index contributed by atoms with van der Waals surface area (Å²) < 4.78 is 11.3. The number of morpholine rings is 1. The van der Waals surface area contributed by atoms with E-state index in [1.807, 2.05) is 17.8 Å². The van der Waals surface area contributed by atoms with E-state index in [0.29, 0.717) is 12.0 Å². The highest BCUT2D eigenvalue weighted by Crippen LogP contribution is 2.31. The molecule has 3 rings (SSSR count). The van der Waals surface area contributed by atoms with Gasteiger partial charge in [-0.3, -0.25) is 4.90 Å². The van der Waals surface area contributed by atoms with E-state index in [2.05, 4.69) is 28.4 Å². The van der Waals surface area contributed by atoms with Gasteiger partial charge in [-0.25, -0.2) is 0 Å². The maximum Gasteiger partial charge on any atom is 0.142 e. The molecule has 1 N–H and O–H groups in total. The molecule has 0 amide bonds. The zero-order valence-electron chi connectivity index (χ0n) is 11.7. The van der Waals surface area contributed by atoms with Crippen LogP contribution in [0.5, 0.6) is 5.75 Å². The van der Waals surface area contributed by atoms with Crippen molar-refractivity contribution in [1.29, 1.82) is 0 Å². The number of nitrogens with one attached hydrogen (secondary N) is 1. The summed E-state index contributed by atoms with van der Waals surface area (Å²) in [5.41, 5.74) is 1.36. The van der Waals surface area contributed by atoms with E-state index in [0.717, 1.165) is 45.1 Å². The molecule has 2 aliphatic heterocycles. The molecule has 2 heterocycles. The van der Waals surface area contributed by atoms with Crippen LogP contribution in [0.25, 0.3) is 0 Å². The summed E-state index contributed by atoms with van der Waals surface area (Å²) in [5.74, 6) is 2.16. The Labute approximate surface area is 124 Å². The molecule has 0 radical (unpaired) electrons. The second-order valence-electron chi connectivity index (χ2n) is 5.14. The second kappa shape index (κ2) is 7.31. The van der Waals surface area contributed by atoms with Gasteiger partial charge >= 0.3 is 0 Å². The monoisotopic (exact) mass is 294 g/mol. The highest BCUT2D eigenvalue weighted by atomic mass is 32.2. The Morgan fingerprint density at radius 2 is 2.25 bits per heavy atom. The molecular weight excluding hydrogens is 272 g/mol. The number of ether oxygens (including phenoxy) is 2. The Bertz CT molecular complexity index is 418. The zero-order valence-corrected chi connectivity index (χ0v) is 12.5. The highest BCUT2D eigenvalue weighted by molar-refractivity contribution is 7.99. The Morgan fingerprint density at radius 1 is 1.35 bits per heavy atom. The van der Waals surface area contributed by atoms with Crippen molar-refractivity contribution >= 4 is 11.8 Å². The van der Waals surface area contributed by atoms with Crippen LogP contribution in [0.3, 0.4) is 0 Å². The number of benzene rings is 1. The lowest BCUT2D eigenvalue weighted by Crippen LogP contribution is -2.38. The van der Waals surface area contributed by atoms with Gasteiger partial charge in [0.2, 0.25) is 0 Å². The number of thioether (sulfide) groups is 1. The van der Waals surface area contributed by atoms with E-state index < -0.39 is 0 Å². The zero-order chi connectivity index (χ0) is 13.6. The van der Waals surface area contributed by atoms with Crippen LogP contribution in [0.4, 0.5) is 0 Å². The van der Waals surface area contributed by atoms with Crippen LogP contribution in [0.2, 0.25) is 0 Å². The molecule has 1 aromatic rings. The first kappa shape index (κ1) is 14.2. The summed E-state index contributed by atoms with van der Waals surface area (Å²) in [7, 11) is 0. The van der Waals surface area contributed by atoms with Gasteiger partial charge in [-0.2, -0.15) is 11.8 Å². The second-order valence-corrected chi connectivity index (χ2v) is 6.45. The van der Waals surface area contributed by atoms with Crippen molar-refractivity contribution in [2.24, 2.45) is 0 Å². The van der Waals surface area contributed by atoms with Crippen molar-refractivity contribution in [3.05, 3.63) is 29.8 Å². The minimum Gasteiger partial charge on any atom is -0.478 e. The normalized spacial score (nSPS) is 24.5. The van der Waals surface area contributed by atoms with Crippen molar-refractivity contribution in [3.8, 4) is 5.75 Å². The minimum atomic E-state index is 0.552. The summed E-state index contributed by atoms with van der Waals surface area (Å²) in [6.45, 7) is 6.38. The van der Waals surface area contributed by atoms with E-state index in [9.17, 15) is 0 Å². The van der Waals surface area contributed by atoms with Crippen LogP contribution in [-0.2, 0) is 4.74 Å². The van der Waals surface area contributed by atoms with Gasteiger partial charge in [-0.15, -0.1) is 0 Å². The van der Waals surface area contributed by atoms with Gasteiger partial charge in [-0.1, -0.05) is 12.1 Å². The summed E-state index contributed by atoms with van der Waals surface area (Å²) in [6, 6.07) is 8.53. The molecule has 2 saturated heterocycles. The molecule has 0 bridgehead atoms. The molecule has 2 aliphatic rings. The quantitative estimate of drug-likeness (QED) is 0.915. The predicted octanol–water partition coefficient (Wildman–Crippen LogP) is 1.73. The number of rotatable bonds is 4. The molecule has 1 aromatic carbocycles. The Balaban J connectivity index is 1.56. The Kier molecular flexibility index (Phi) is 5.19. The van der Waals surface area contributed by atoms with Crippen molar-refractivity contribution in [1.82, 2.24) is 10.2 Å². The first-order valence-electron chi connectivity index (χ1n) is 7.27. The fourth-order valence-corrected chi connectivity index (χ4v) is 3.60. The topological polar surface area (TPSA) is 33.7 Å². The maximum atomic E-state index is 5.92. The standard InChI is InChI=1S/C15H22N2O2S/c1-2-13(15-11-16-4-9-20-15)10-14(3-1)19-12-17-5-7-18-8-6-17/h1-3,10,15-16H,4-9,11-12H2. The summed E-state index contributed by atoms with van der Waals surface area (Å²) in [6.07, 6.45) is 0. The van der Waals surface area contributed by atoms with Crippen LogP contribution in [0.15, 0.2) is 24.3 Å². The largest absolute Gasteiger partial charge is 0.478 e. The van der Waals surface area contributed by atoms with Gasteiger partial charge < -0.3 is 14.8 Å². The Morgan fingerprint density at radius 3 is 3.05 bits per heavy atom. The van der Waals surface area contributed by atoms with Crippen molar-refractivity contribution in [2.45, 2.75) is 5.25 Å². The molecule has 0 saturated carbocycles. The molecule has 2 fully saturated rings. The summed E-state index contributed by atoms with van der Waals surface area (Å²) >= 11 is 2.03. The molecular formula is C15H22N2O2S. The molecule has 0 spiro atoms. The van der Waals surface area contributed by atoms with E-state index >= 15 is 0 Å². The lowest BCUT2D eigenvalue weighted by molar-refractivity contribution is 0.00406. The SMILES string of the molecule is c1cc(OCN2CCOCC2)cc(C2CNCCS2)c1. The van der Waals surface area contributed by atoms with Crippen molar-refractivity contribution in [2.75, 3.05) is 51.9 Å². The molecule has 5 heteroatoms. The fraction of sp³-hybridized carbons (Fsp3) is 0.600. The molecule has 0 aromatic heterocycles. The van der Waals surface area contributed by atoms with Crippen LogP contribution >= 0.6 is 11.8 Å². The van der Waals surface area contributed by atoms with Crippen molar-refractivity contribution in [3.63, 3.8) is 0 Å². The van der Waals surface area contributed by atoms with Crippen LogP contribution in [-0.4, -0.2) is 56.8 Å². The molecule has 0 aliphatic carbocycles. The van der Waals surface area contributed by atoms with Crippen molar-refractivity contribution < 1.29 is 9.47 Å². The summed E-state index contributed by atoms with van der Waals surface area (Å²) in [4.78, 5) is 2.28. The average Bonchev–Trinajstić information content (AvgIpc) is 2.55. The fourth-order valence-electron chi connectivity index (χ4n) is 2.48. The molecule has 1 unspecified atom stereocenters. The maximum absolute atomic E-state index is 5.92. The average molecular weight is 294 g/mol. The number of hydrogen-bond acceptors (Lipinski definition) is 5. The third-order valence-corrected chi connectivity index (χ3v) is 4.96. The van der Waals surface area contributed by atoms with E-state index in [4.69, 9.17) is 9.47 Å². The molecule has 20 heavy (non-hydrogen) atoms. The highest BCUT2D eigenvalue weighted by Gasteiger charge is 2.16. The van der Waals surface area contributed by atoms with E-state index in [1.54, 1.807) is 0 Å². The van der Waals surface area contributed by atoms with Gasteiger partial charge in [0, 0.05) is 37.2 Å². The molecule has 1 atom stereocenters. The molecule has 110 valence electrons. The van der Waals surface area contributed by atoms with Crippen LogP contribution in [0, 0.1) is 0 Å². The number of hydrogen-bond donors (Lipinski definition) is 1. The third-order valence-electron chi connectivity index (χ3n) is 3.67. The van der Waals surface area contributed by atoms with Gasteiger partial charge in [0.1, 0.15) is 12.5 Å². The molecule has 4 nitrogen and oxygen atoms in total. The van der Waals surface area contributed by atoms with Gasteiger partial charge in [-0.05, 0) is 17.7 Å².